The van der Waals surface area contributed by atoms with Gasteiger partial charge in [0.25, 0.3) is 0 Å². The summed E-state index contributed by atoms with van der Waals surface area (Å²) in [5.41, 5.74) is 0. The highest BCUT2D eigenvalue weighted by molar-refractivity contribution is 4.81. The van der Waals surface area contributed by atoms with E-state index in [0.29, 0.717) is 6.61 Å². The fourth-order valence-electron chi connectivity index (χ4n) is 2.31. The zero-order valence-corrected chi connectivity index (χ0v) is 10.8. The minimum absolute atomic E-state index is 0.715. The maximum atomic E-state index is 5.47. The molecule has 2 atom stereocenters. The summed E-state index contributed by atoms with van der Waals surface area (Å²) in [7, 11) is 1.71. The second-order valence-corrected chi connectivity index (χ2v) is 4.65. The summed E-state index contributed by atoms with van der Waals surface area (Å²) in [4.78, 5) is 0. The lowest BCUT2D eigenvalue weighted by molar-refractivity contribution is 0.0611. The summed E-state index contributed by atoms with van der Waals surface area (Å²) in [6, 6.07) is 0. The molecule has 2 unspecified atom stereocenters. The summed E-state index contributed by atoms with van der Waals surface area (Å²) >= 11 is 0. The van der Waals surface area contributed by atoms with E-state index >= 15 is 0 Å². The maximum Gasteiger partial charge on any atom is 0.0700 e. The lowest BCUT2D eigenvalue weighted by Gasteiger charge is -2.37. The number of hydrogen-bond donors (Lipinski definition) is 1. The van der Waals surface area contributed by atoms with E-state index in [1.807, 2.05) is 0 Å². The first kappa shape index (κ1) is 13.9. The van der Waals surface area contributed by atoms with Gasteiger partial charge in [-0.05, 0) is 50.6 Å². The third-order valence-electron chi connectivity index (χ3n) is 3.53. The molecule has 0 aliphatic heterocycles. The van der Waals surface area contributed by atoms with E-state index in [1.165, 1.54) is 32.2 Å². The lowest BCUT2D eigenvalue weighted by Crippen LogP contribution is -2.35. The van der Waals surface area contributed by atoms with Gasteiger partial charge in [0.05, 0.1) is 13.2 Å². The highest BCUT2D eigenvalue weighted by Crippen LogP contribution is 2.36. The second kappa shape index (κ2) is 8.97. The molecule has 96 valence electrons. The van der Waals surface area contributed by atoms with Crippen LogP contribution in [0.25, 0.3) is 0 Å². The van der Waals surface area contributed by atoms with E-state index in [9.17, 15) is 0 Å². The molecule has 1 aliphatic rings. The van der Waals surface area contributed by atoms with E-state index in [0.717, 1.165) is 31.6 Å². The zero-order valence-electron chi connectivity index (χ0n) is 10.8. The van der Waals surface area contributed by atoms with Crippen LogP contribution in [0.15, 0.2) is 0 Å². The minimum Gasteiger partial charge on any atom is -0.382 e. The van der Waals surface area contributed by atoms with Crippen LogP contribution in [0.4, 0.5) is 0 Å². The smallest absolute Gasteiger partial charge is 0.0700 e. The molecule has 0 amide bonds. The van der Waals surface area contributed by atoms with E-state index in [-0.39, 0.29) is 0 Å². The van der Waals surface area contributed by atoms with Crippen molar-refractivity contribution in [2.24, 2.45) is 11.8 Å². The van der Waals surface area contributed by atoms with Crippen LogP contribution in [0.1, 0.15) is 32.6 Å². The molecule has 16 heavy (non-hydrogen) atoms. The van der Waals surface area contributed by atoms with Gasteiger partial charge in [0.15, 0.2) is 0 Å². The van der Waals surface area contributed by atoms with E-state index in [1.54, 1.807) is 7.11 Å². The first-order chi connectivity index (χ1) is 7.88. The van der Waals surface area contributed by atoms with Crippen molar-refractivity contribution in [3.05, 3.63) is 0 Å². The number of nitrogens with one attached hydrogen (secondary N) is 1. The second-order valence-electron chi connectivity index (χ2n) is 4.65. The van der Waals surface area contributed by atoms with E-state index in [4.69, 9.17) is 9.47 Å². The predicted octanol–water partition coefficient (Wildman–Crippen LogP) is 2.07. The van der Waals surface area contributed by atoms with Crippen LogP contribution in [0, 0.1) is 11.8 Å². The van der Waals surface area contributed by atoms with Crippen LogP contribution < -0.4 is 5.32 Å². The molecule has 1 N–H and O–H groups in total. The summed E-state index contributed by atoms with van der Waals surface area (Å²) < 4.78 is 10.4. The topological polar surface area (TPSA) is 30.5 Å². The van der Waals surface area contributed by atoms with Crippen molar-refractivity contribution in [3.63, 3.8) is 0 Å². The Labute approximate surface area is 99.9 Å². The van der Waals surface area contributed by atoms with Crippen LogP contribution in [0.3, 0.4) is 0 Å². The Kier molecular flexibility index (Phi) is 7.81. The Morgan fingerprint density at radius 3 is 2.56 bits per heavy atom. The van der Waals surface area contributed by atoms with Crippen molar-refractivity contribution >= 4 is 0 Å². The van der Waals surface area contributed by atoms with Gasteiger partial charge < -0.3 is 14.8 Å². The van der Waals surface area contributed by atoms with Gasteiger partial charge in [-0.3, -0.25) is 0 Å². The third-order valence-corrected chi connectivity index (χ3v) is 3.53. The normalized spacial score (nSPS) is 24.4. The minimum atomic E-state index is 0.715. The standard InChI is InChI=1S/C13H27NO2/c1-3-14-11-13-7-6-12(13)5-4-8-16-10-9-15-2/h12-14H,3-11H2,1-2H3. The SMILES string of the molecule is CCNCC1CCC1CCCOCCOC. The van der Waals surface area contributed by atoms with Crippen molar-refractivity contribution in [1.29, 1.82) is 0 Å². The van der Waals surface area contributed by atoms with Crippen molar-refractivity contribution in [1.82, 2.24) is 5.32 Å². The van der Waals surface area contributed by atoms with Gasteiger partial charge in [-0.2, -0.15) is 0 Å². The van der Waals surface area contributed by atoms with Crippen LogP contribution in [0.5, 0.6) is 0 Å². The highest BCUT2D eigenvalue weighted by Gasteiger charge is 2.29. The quantitative estimate of drug-likeness (QED) is 0.582. The molecule has 0 bridgehead atoms. The van der Waals surface area contributed by atoms with Gasteiger partial charge in [0.2, 0.25) is 0 Å². The molecule has 0 aromatic heterocycles. The number of methoxy groups -OCH3 is 1. The molecule has 1 saturated carbocycles. The van der Waals surface area contributed by atoms with Crippen molar-refractivity contribution in [2.45, 2.75) is 32.6 Å². The summed E-state index contributed by atoms with van der Waals surface area (Å²) in [6.07, 6.45) is 5.39. The number of ether oxygens (including phenoxy) is 2. The first-order valence-electron chi connectivity index (χ1n) is 6.65. The summed E-state index contributed by atoms with van der Waals surface area (Å²) in [5, 5.41) is 3.45. The molecule has 3 nitrogen and oxygen atoms in total. The molecule has 3 heteroatoms. The Hall–Kier alpha value is -0.120. The Balaban J connectivity index is 1.89. The molecule has 0 heterocycles. The fourth-order valence-corrected chi connectivity index (χ4v) is 2.31. The lowest BCUT2D eigenvalue weighted by atomic mass is 9.71. The molecule has 0 aromatic carbocycles. The van der Waals surface area contributed by atoms with E-state index in [2.05, 4.69) is 12.2 Å². The zero-order chi connectivity index (χ0) is 11.6. The van der Waals surface area contributed by atoms with E-state index < -0.39 is 0 Å². The fraction of sp³-hybridized carbons (Fsp3) is 1.00. The monoisotopic (exact) mass is 229 g/mol. The van der Waals surface area contributed by atoms with Crippen LogP contribution in [-0.4, -0.2) is 40.0 Å². The van der Waals surface area contributed by atoms with Crippen LogP contribution >= 0.6 is 0 Å². The van der Waals surface area contributed by atoms with Crippen molar-refractivity contribution < 1.29 is 9.47 Å². The third kappa shape index (κ3) is 5.28. The Bertz CT molecular complexity index is 164. The maximum absolute atomic E-state index is 5.47. The first-order valence-corrected chi connectivity index (χ1v) is 6.65. The van der Waals surface area contributed by atoms with Gasteiger partial charge in [-0.25, -0.2) is 0 Å². The van der Waals surface area contributed by atoms with Crippen molar-refractivity contribution in [2.75, 3.05) is 40.0 Å². The molecule has 1 fully saturated rings. The predicted molar refractivity (Wildman–Crippen MR) is 66.7 cm³/mol. The largest absolute Gasteiger partial charge is 0.382 e. The Morgan fingerprint density at radius 1 is 1.12 bits per heavy atom. The van der Waals surface area contributed by atoms with Crippen molar-refractivity contribution in [3.8, 4) is 0 Å². The number of hydrogen-bond acceptors (Lipinski definition) is 3. The molecule has 0 saturated heterocycles. The molecule has 1 rings (SSSR count). The average Bonchev–Trinajstić information content (AvgIpc) is 2.27. The van der Waals surface area contributed by atoms with Gasteiger partial charge in [-0.15, -0.1) is 0 Å². The van der Waals surface area contributed by atoms with Crippen LogP contribution in [0.2, 0.25) is 0 Å². The van der Waals surface area contributed by atoms with Gasteiger partial charge in [0.1, 0.15) is 0 Å². The molecular weight excluding hydrogens is 202 g/mol. The van der Waals surface area contributed by atoms with Gasteiger partial charge >= 0.3 is 0 Å². The molecule has 1 aliphatic carbocycles. The highest BCUT2D eigenvalue weighted by atomic mass is 16.5. The summed E-state index contributed by atoms with van der Waals surface area (Å²) in [5.74, 6) is 1.88. The molecule has 0 aromatic rings. The Morgan fingerprint density at radius 2 is 1.94 bits per heavy atom. The molecule has 0 radical (unpaired) electrons. The molecule has 0 spiro atoms. The van der Waals surface area contributed by atoms with Gasteiger partial charge in [-0.1, -0.05) is 6.92 Å². The van der Waals surface area contributed by atoms with Crippen LogP contribution in [-0.2, 0) is 9.47 Å². The average molecular weight is 229 g/mol. The molecular formula is C13H27NO2. The van der Waals surface area contributed by atoms with Gasteiger partial charge in [0, 0.05) is 13.7 Å². The summed E-state index contributed by atoms with van der Waals surface area (Å²) in [6.45, 7) is 6.84. The number of rotatable bonds is 10.